The fourth-order valence-electron chi connectivity index (χ4n) is 15.0. The van der Waals surface area contributed by atoms with Gasteiger partial charge in [-0.1, -0.05) is 244 Å². The maximum absolute atomic E-state index is 14.6. The van der Waals surface area contributed by atoms with Gasteiger partial charge in [0, 0.05) is 94.6 Å². The van der Waals surface area contributed by atoms with Gasteiger partial charge in [0.05, 0.1) is 29.9 Å². The van der Waals surface area contributed by atoms with Crippen molar-refractivity contribution in [3.63, 3.8) is 0 Å². The summed E-state index contributed by atoms with van der Waals surface area (Å²) in [5, 5.41) is 28.1. The molecule has 7 aromatic carbocycles. The van der Waals surface area contributed by atoms with Crippen LogP contribution in [0.5, 0.6) is 17.2 Å². The maximum atomic E-state index is 14.6. The van der Waals surface area contributed by atoms with Crippen molar-refractivity contribution in [2.75, 3.05) is 72.7 Å². The van der Waals surface area contributed by atoms with Crippen molar-refractivity contribution in [3.8, 4) is 28.4 Å². The van der Waals surface area contributed by atoms with Gasteiger partial charge in [-0.25, -0.2) is 13.2 Å². The normalized spacial score (nSPS) is 18.6. The van der Waals surface area contributed by atoms with Gasteiger partial charge in [0.15, 0.2) is 11.6 Å². The molecular weight excluding hydrogens is 1980 g/mol. The molecule has 24 heteroatoms. The summed E-state index contributed by atoms with van der Waals surface area (Å²) < 4.78 is 81.0. The van der Waals surface area contributed by atoms with E-state index in [4.69, 9.17) is 78.0 Å². The summed E-state index contributed by atoms with van der Waals surface area (Å²) in [6.07, 6.45) is 41.2. The Morgan fingerprint density at radius 1 is 0.411 bits per heavy atom. The second-order valence-electron chi connectivity index (χ2n) is 31.5. The number of hydrogen-bond acceptors (Lipinski definition) is 11. The monoisotopic (exact) mass is 2100 g/mol. The van der Waals surface area contributed by atoms with E-state index in [-0.39, 0.29) is 52.2 Å². The second-order valence-corrected chi connectivity index (χ2v) is 37.2. The Kier molecular flexibility index (Phi) is 61.0. The van der Waals surface area contributed by atoms with Crippen LogP contribution in [0.1, 0.15) is 261 Å². The first-order valence-electron chi connectivity index (χ1n) is 44.7. The smallest absolute Gasteiger partial charge is 1.00 e. The first kappa shape index (κ1) is 113. The number of benzene rings is 7. The summed E-state index contributed by atoms with van der Waals surface area (Å²) in [4.78, 5) is 10.8. The molecule has 4 heterocycles. The van der Waals surface area contributed by atoms with Crippen molar-refractivity contribution in [2.45, 2.75) is 247 Å². The predicted molar refractivity (Wildman–Crippen MR) is 532 cm³/mol. The number of allylic oxidation sites excluding steroid dienone is 4. The third-order valence-corrected chi connectivity index (χ3v) is 25.8. The van der Waals surface area contributed by atoms with Crippen LogP contribution in [-0.4, -0.2) is 124 Å². The van der Waals surface area contributed by atoms with Crippen LogP contribution < -0.4 is 19.7 Å². The number of aliphatic hydroxyl groups is 1. The minimum atomic E-state index is -1.87. The van der Waals surface area contributed by atoms with E-state index in [9.17, 15) is 23.1 Å². The van der Waals surface area contributed by atoms with Gasteiger partial charge in [-0.2, -0.15) is 0 Å². The molecular formula is C100H136BBr5Cl3F3MgO11. The first-order valence-corrected chi connectivity index (χ1v) is 49.8. The van der Waals surface area contributed by atoms with Gasteiger partial charge < -0.3 is 51.2 Å². The van der Waals surface area contributed by atoms with Gasteiger partial charge in [-0.3, -0.25) is 4.79 Å². The third kappa shape index (κ3) is 44.3. The van der Waals surface area contributed by atoms with Crippen molar-refractivity contribution >= 4 is 167 Å². The first-order chi connectivity index (χ1) is 59.4. The Bertz CT molecular complexity index is 4010. The van der Waals surface area contributed by atoms with E-state index in [1.165, 1.54) is 177 Å². The molecule has 2 unspecified atom stereocenters. The van der Waals surface area contributed by atoms with Gasteiger partial charge in [0.1, 0.15) is 43.9 Å². The molecule has 2 atom stereocenters. The molecule has 4 aliphatic heterocycles. The summed E-state index contributed by atoms with van der Waals surface area (Å²) >= 11 is 33.9. The van der Waals surface area contributed by atoms with Gasteiger partial charge >= 0.3 is 30.2 Å². The molecule has 0 bridgehead atoms. The van der Waals surface area contributed by atoms with Crippen LogP contribution in [0.2, 0.25) is 15.1 Å². The minimum absolute atomic E-state index is 0. The van der Waals surface area contributed by atoms with Crippen molar-refractivity contribution in [1.29, 1.82) is 0 Å². The molecule has 0 aromatic heterocycles. The molecule has 0 radical (unpaired) electrons. The molecule has 15 rings (SSSR count). The van der Waals surface area contributed by atoms with Crippen LogP contribution >= 0.6 is 114 Å². The molecule has 124 heavy (non-hydrogen) atoms. The number of Topliss-reactive ketones (excluding diaryl/α,β-unsaturated/α-hetero) is 1. The SMILES string of the molecule is Brc1ccc(Br)cc1.C1CCOC1.C1CCOC1.C1CCOC1.C1CCOC1.CCCC1CC=C(c2ccc(-c3ccc(OCC)c(Cl)c3F)cc2)CC1.CCCC1CC=C(c2ccc(Br)cc2)CC1.CCCC1CCC(=O)CC1.CCCC1CCC(O)(c2ccc(Br)cc2)CC1.CCOc1ccc(B(O)O)c(F)c1Cl.CCOc1ccc(Br)c(F)c1Cl.[H-].[H-].[Mg+2]. The molecule has 0 spiro atoms. The second kappa shape index (κ2) is 67.0. The van der Waals surface area contributed by atoms with E-state index in [0.29, 0.717) is 47.1 Å². The Morgan fingerprint density at radius 2 is 0.726 bits per heavy atom. The number of halogens is 11. The average Bonchev–Trinajstić information content (AvgIpc) is 0.979. The van der Waals surface area contributed by atoms with E-state index in [0.717, 1.165) is 150 Å². The largest absolute Gasteiger partial charge is 2.00 e. The Balaban J connectivity index is 0.000000487. The molecule has 8 aliphatic rings. The van der Waals surface area contributed by atoms with Gasteiger partial charge in [-0.15, -0.1) is 0 Å². The zero-order chi connectivity index (χ0) is 89.6. The number of ketones is 1. The van der Waals surface area contributed by atoms with Crippen LogP contribution in [0.3, 0.4) is 0 Å². The van der Waals surface area contributed by atoms with Crippen molar-refractivity contribution in [3.05, 3.63) is 217 Å². The summed E-state index contributed by atoms with van der Waals surface area (Å²) in [5.74, 6) is 3.12. The quantitative estimate of drug-likeness (QED) is 0.0526. The number of rotatable bonds is 19. The van der Waals surface area contributed by atoms with Gasteiger partial charge in [0.2, 0.25) is 0 Å². The van der Waals surface area contributed by atoms with Crippen LogP contribution in [-0.2, 0) is 29.3 Å². The molecule has 3 N–H and O–H groups in total. The van der Waals surface area contributed by atoms with Crippen LogP contribution in [0, 0.1) is 41.1 Å². The Labute approximate surface area is 817 Å². The molecule has 11 nitrogen and oxygen atoms in total. The number of carbonyl (C=O) groups is 1. The topological polar surface area (TPSA) is 142 Å². The van der Waals surface area contributed by atoms with E-state index < -0.39 is 30.2 Å². The standard InChI is InChI=1S/C23H26ClFO.C15H21BrO.C15H19Br.C9H16O.C8H9BClFO3.C8H7BrClFO.C6H4Br2.4C4H8O.Mg.2H/c1-3-5-16-6-8-17(9-7-16)18-10-12-19(13-11-18)20-14-15-21(26-4-2)22(24)23(20)25;1-2-3-12-8-10-15(17,11-9-12)13-4-6-14(16)7-5-13;1-2-3-12-4-6-13(7-5-12)14-8-10-15(16)11-9-14;1-2-3-8-4-6-9(10)7-5-8;1-2-14-6-4-3-5(9(12)13)8(11)7(6)10;1-2-12-6-4-3-5(9)8(11)7(6)10;7-5-1-2-6(8)4-3-5;4*1-2-4-5-3-1;;;/h8,10-16H,3-7,9H2,1-2H3;4-7,12,17H,2-3,8-11H2,1H3;6,8-12H,2-5,7H2,1H3;8H,2-7H2,1H3;3-4,12-13H,2H2,1H3;3-4H,2H2,1H3;1-4H;4*1-4H2;;;/q;;;;;;;;;;;+2;2*-1. The van der Waals surface area contributed by atoms with Gasteiger partial charge in [-0.05, 0) is 301 Å². The predicted octanol–water partition coefficient (Wildman–Crippen LogP) is 30.6. The molecule has 0 amide bonds. The summed E-state index contributed by atoms with van der Waals surface area (Å²) in [7, 11) is -1.87. The number of hydrogen-bond donors (Lipinski definition) is 3. The summed E-state index contributed by atoms with van der Waals surface area (Å²) in [6.45, 7) is 23.7. The Hall–Kier alpha value is -3.30. The van der Waals surface area contributed by atoms with Crippen molar-refractivity contribution in [1.82, 2.24) is 0 Å². The van der Waals surface area contributed by atoms with Crippen molar-refractivity contribution < 1.29 is 69.1 Å². The average molecular weight is 2110 g/mol. The number of ether oxygens (including phenoxy) is 7. The minimum Gasteiger partial charge on any atom is -1.00 e. The summed E-state index contributed by atoms with van der Waals surface area (Å²) in [5.41, 5.74) is 7.16. The zero-order valence-electron chi connectivity index (χ0n) is 76.2. The van der Waals surface area contributed by atoms with E-state index in [2.05, 4.69) is 156 Å². The van der Waals surface area contributed by atoms with E-state index in [1.54, 1.807) is 36.8 Å². The fraction of sp³-hybridized carbons (Fsp3) is 0.530. The van der Waals surface area contributed by atoms with Crippen LogP contribution in [0.25, 0.3) is 22.3 Å². The molecule has 7 aromatic rings. The molecule has 4 aliphatic carbocycles. The van der Waals surface area contributed by atoms with Crippen LogP contribution in [0.15, 0.2) is 168 Å². The Morgan fingerprint density at radius 3 is 1.07 bits per heavy atom. The molecule has 684 valence electrons. The van der Waals surface area contributed by atoms with Crippen molar-refractivity contribution in [2.24, 2.45) is 23.7 Å². The number of carbonyl (C=O) groups excluding carboxylic acids is 1. The zero-order valence-corrected chi connectivity index (χ0v) is 85.8. The molecule has 6 fully saturated rings. The van der Waals surface area contributed by atoms with Crippen LogP contribution in [0.4, 0.5) is 13.2 Å². The van der Waals surface area contributed by atoms with E-state index >= 15 is 0 Å². The maximum Gasteiger partial charge on any atom is 2.00 e. The fourth-order valence-corrected chi connectivity index (χ4v) is 17.2. The molecule has 4 saturated heterocycles. The molecule has 2 saturated carbocycles. The summed E-state index contributed by atoms with van der Waals surface area (Å²) in [6, 6.07) is 42.2. The van der Waals surface area contributed by atoms with E-state index in [1.807, 2.05) is 74.5 Å². The third-order valence-electron chi connectivity index (χ3n) is 22.0. The van der Waals surface area contributed by atoms with Gasteiger partial charge in [0.25, 0.3) is 0 Å².